The second-order valence-corrected chi connectivity index (χ2v) is 14.1. The summed E-state index contributed by atoms with van der Waals surface area (Å²) in [4.78, 5) is 34.4. The summed E-state index contributed by atoms with van der Waals surface area (Å²) in [5.74, 6) is 0.289. The number of nitrogens with one attached hydrogen (secondary N) is 4. The average Bonchev–Trinajstić information content (AvgIpc) is 3.62. The normalized spacial score (nSPS) is 18.9. The minimum absolute atomic E-state index is 0.0418. The molecule has 0 spiro atoms. The summed E-state index contributed by atoms with van der Waals surface area (Å²) in [6.45, 7) is 12.9. The molecule has 47 heavy (non-hydrogen) atoms. The molecule has 4 heterocycles. The number of fused-ring (bicyclic) bond motifs is 2. The molecule has 12 nitrogen and oxygen atoms in total. The molecule has 254 valence electrons. The average molecular weight is 647 g/mol. The van der Waals surface area contributed by atoms with E-state index in [1.165, 1.54) is 10.1 Å². The van der Waals surface area contributed by atoms with Gasteiger partial charge in [0.25, 0.3) is 0 Å². The predicted molar refractivity (Wildman–Crippen MR) is 185 cm³/mol. The fourth-order valence-corrected chi connectivity index (χ4v) is 6.03. The van der Waals surface area contributed by atoms with Crippen molar-refractivity contribution in [1.82, 2.24) is 24.8 Å². The lowest BCUT2D eigenvalue weighted by Crippen LogP contribution is -2.43. The van der Waals surface area contributed by atoms with Crippen LogP contribution in [0, 0.1) is 5.92 Å². The number of β-amino-alcohol motifs (C(OH)–C–C–N with tert-alkyl or cyclic N) is 1. The summed E-state index contributed by atoms with van der Waals surface area (Å²) in [7, 11) is 3.91. The lowest BCUT2D eigenvalue weighted by Gasteiger charge is -2.28. The van der Waals surface area contributed by atoms with Crippen LogP contribution in [0.25, 0.3) is 5.65 Å². The van der Waals surface area contributed by atoms with Gasteiger partial charge in [-0.1, -0.05) is 32.1 Å². The number of ketones is 1. The molecule has 2 aromatic heterocycles. The zero-order valence-electron chi connectivity index (χ0n) is 28.7. The summed E-state index contributed by atoms with van der Waals surface area (Å²) in [6.07, 6.45) is 4.77. The first-order chi connectivity index (χ1) is 22.3. The van der Waals surface area contributed by atoms with Crippen LogP contribution in [0.4, 0.5) is 17.3 Å². The molecule has 1 fully saturated rings. The Morgan fingerprint density at radius 1 is 1.21 bits per heavy atom. The maximum atomic E-state index is 13.8. The van der Waals surface area contributed by atoms with Crippen molar-refractivity contribution >= 4 is 34.7 Å². The van der Waals surface area contributed by atoms with Crippen molar-refractivity contribution in [2.24, 2.45) is 5.92 Å². The molecule has 3 atom stereocenters. The second kappa shape index (κ2) is 14.4. The molecule has 1 unspecified atom stereocenters. The van der Waals surface area contributed by atoms with Crippen LogP contribution in [0.3, 0.4) is 0 Å². The molecule has 0 amide bonds. The molecule has 0 bridgehead atoms. The van der Waals surface area contributed by atoms with E-state index in [0.29, 0.717) is 36.9 Å². The number of carbonyl (C=O) groups excluding carboxylic acids is 2. The number of aliphatic hydroxyl groups is 1. The Hall–Kier alpha value is -4.00. The minimum atomic E-state index is -0.730. The third kappa shape index (κ3) is 8.30. The molecule has 2 aliphatic heterocycles. The number of esters is 1. The monoisotopic (exact) mass is 646 g/mol. The third-order valence-corrected chi connectivity index (χ3v) is 8.44. The number of rotatable bonds is 12. The molecule has 0 radical (unpaired) electrons. The van der Waals surface area contributed by atoms with E-state index >= 15 is 0 Å². The van der Waals surface area contributed by atoms with E-state index in [1.54, 1.807) is 12.1 Å². The topological polar surface area (TPSA) is 145 Å². The number of carbonyl (C=O) groups is 2. The van der Waals surface area contributed by atoms with Gasteiger partial charge in [-0.25, -0.2) is 14.3 Å². The van der Waals surface area contributed by atoms with Crippen LogP contribution in [0.15, 0.2) is 36.4 Å². The van der Waals surface area contributed by atoms with Crippen LogP contribution in [0.1, 0.15) is 80.2 Å². The number of piperidine rings is 1. The van der Waals surface area contributed by atoms with E-state index in [-0.39, 0.29) is 23.3 Å². The summed E-state index contributed by atoms with van der Waals surface area (Å²) in [5.41, 5.74) is 3.81. The Bertz CT molecular complexity index is 1620. The molecule has 1 aromatic carbocycles. The van der Waals surface area contributed by atoms with Crippen molar-refractivity contribution in [3.8, 4) is 0 Å². The van der Waals surface area contributed by atoms with Gasteiger partial charge in [-0.05, 0) is 83.4 Å². The second-order valence-electron chi connectivity index (χ2n) is 14.1. The van der Waals surface area contributed by atoms with Crippen LogP contribution >= 0.6 is 0 Å². The van der Waals surface area contributed by atoms with Crippen molar-refractivity contribution in [1.29, 1.82) is 0 Å². The molecule has 1 saturated heterocycles. The van der Waals surface area contributed by atoms with Crippen LogP contribution in [-0.4, -0.2) is 94.9 Å². The highest BCUT2D eigenvalue weighted by atomic mass is 16.6. The van der Waals surface area contributed by atoms with E-state index in [1.807, 2.05) is 71.8 Å². The van der Waals surface area contributed by atoms with Gasteiger partial charge in [-0.3, -0.25) is 4.79 Å². The number of benzene rings is 1. The van der Waals surface area contributed by atoms with Gasteiger partial charge in [0.05, 0.1) is 6.10 Å². The Morgan fingerprint density at radius 2 is 2.00 bits per heavy atom. The molecular formula is C35H50N8O4. The fourth-order valence-electron chi connectivity index (χ4n) is 6.03. The molecule has 3 aromatic rings. The Labute approximate surface area is 277 Å². The molecule has 12 heteroatoms. The molecule has 5 N–H and O–H groups in total. The highest BCUT2D eigenvalue weighted by molar-refractivity contribution is 5.97. The first-order valence-corrected chi connectivity index (χ1v) is 16.6. The zero-order valence-corrected chi connectivity index (χ0v) is 28.7. The van der Waals surface area contributed by atoms with Crippen molar-refractivity contribution in [2.45, 2.75) is 71.1 Å². The van der Waals surface area contributed by atoms with Gasteiger partial charge in [0.2, 0.25) is 0 Å². The van der Waals surface area contributed by atoms with E-state index in [2.05, 4.69) is 27.3 Å². The van der Waals surface area contributed by atoms with Gasteiger partial charge in [0.1, 0.15) is 17.5 Å². The molecule has 0 saturated carbocycles. The van der Waals surface area contributed by atoms with Crippen molar-refractivity contribution in [3.63, 3.8) is 0 Å². The standard InChI is InChI=1S/C35H50N8O4/c1-21(2)30-32(40-31(27(44)9-8-16-42(6)7)23-11-10-22-13-15-37-25(22)17-23)41-43-26(34(46)47-35(3,4)5)18-29(39-33(30)43)38-19-24-12-14-36-20-28(24)45/h8-11,17-18,21,24,28,31,36-37,45H,12-16,19-20H2,1-7H3,(H,38,39)(H,40,41)/b9-8+/t24-,28+,31?/m1/s1. The summed E-state index contributed by atoms with van der Waals surface area (Å²) < 4.78 is 7.32. The van der Waals surface area contributed by atoms with Crippen LogP contribution in [0.5, 0.6) is 0 Å². The lowest BCUT2D eigenvalue weighted by molar-refractivity contribution is -0.115. The first kappa shape index (κ1) is 34.3. The highest BCUT2D eigenvalue weighted by Crippen LogP contribution is 2.34. The lowest BCUT2D eigenvalue weighted by atomic mass is 9.95. The molecule has 2 aliphatic rings. The van der Waals surface area contributed by atoms with Gasteiger partial charge >= 0.3 is 5.97 Å². The number of aromatic nitrogens is 3. The van der Waals surface area contributed by atoms with Gasteiger partial charge in [0.15, 0.2) is 22.9 Å². The van der Waals surface area contributed by atoms with Crippen molar-refractivity contribution in [3.05, 3.63) is 58.8 Å². The van der Waals surface area contributed by atoms with Crippen LogP contribution < -0.4 is 21.3 Å². The quantitative estimate of drug-likeness (QED) is 0.144. The number of nitrogens with zero attached hydrogens (tertiary/aromatic N) is 4. The summed E-state index contributed by atoms with van der Waals surface area (Å²) in [6, 6.07) is 7.02. The molecule has 0 aliphatic carbocycles. The number of ether oxygens (including phenoxy) is 1. The highest BCUT2D eigenvalue weighted by Gasteiger charge is 2.30. The first-order valence-electron chi connectivity index (χ1n) is 16.6. The number of hydrogen-bond acceptors (Lipinski definition) is 11. The maximum Gasteiger partial charge on any atom is 0.357 e. The smallest absolute Gasteiger partial charge is 0.357 e. The van der Waals surface area contributed by atoms with E-state index in [0.717, 1.165) is 42.7 Å². The van der Waals surface area contributed by atoms with Gasteiger partial charge in [-0.2, -0.15) is 0 Å². The fraction of sp³-hybridized carbons (Fsp3) is 0.543. The number of anilines is 3. The Balaban J connectivity index is 1.58. The van der Waals surface area contributed by atoms with Gasteiger partial charge in [-0.15, -0.1) is 5.10 Å². The molecule has 5 rings (SSSR count). The van der Waals surface area contributed by atoms with Crippen LogP contribution in [0.2, 0.25) is 0 Å². The van der Waals surface area contributed by atoms with Crippen molar-refractivity contribution < 1.29 is 19.4 Å². The largest absolute Gasteiger partial charge is 0.455 e. The number of aliphatic hydroxyl groups excluding tert-OH is 1. The Kier molecular flexibility index (Phi) is 10.5. The van der Waals surface area contributed by atoms with E-state index in [9.17, 15) is 14.7 Å². The zero-order chi connectivity index (χ0) is 33.9. The van der Waals surface area contributed by atoms with Crippen molar-refractivity contribution in [2.75, 3.05) is 62.8 Å². The van der Waals surface area contributed by atoms with E-state index < -0.39 is 23.7 Å². The predicted octanol–water partition coefficient (Wildman–Crippen LogP) is 4.00. The van der Waals surface area contributed by atoms with Crippen LogP contribution in [-0.2, 0) is 16.0 Å². The maximum absolute atomic E-state index is 13.8. The SMILES string of the molecule is CC(C)c1c(NC(C(=O)/C=C/CN(C)C)c2ccc3c(c2)NCC3)nn2c(C(=O)OC(C)(C)C)cc(NC[C@H]3CCNC[C@@H]3O)nc12. The molecular weight excluding hydrogens is 596 g/mol. The number of likely N-dealkylation sites (N-methyl/N-ethyl adjacent to an activating group) is 1. The van der Waals surface area contributed by atoms with Gasteiger partial charge < -0.3 is 36.0 Å². The van der Waals surface area contributed by atoms with E-state index in [4.69, 9.17) is 14.8 Å². The minimum Gasteiger partial charge on any atom is -0.455 e. The van der Waals surface area contributed by atoms with Gasteiger partial charge in [0, 0.05) is 49.4 Å². The summed E-state index contributed by atoms with van der Waals surface area (Å²) >= 11 is 0. The summed E-state index contributed by atoms with van der Waals surface area (Å²) in [5, 5.41) is 28.8. The third-order valence-electron chi connectivity index (χ3n) is 8.44. The number of hydrogen-bond donors (Lipinski definition) is 5. The Morgan fingerprint density at radius 3 is 2.70 bits per heavy atom.